The number of carbonyl (C=O) groups excluding carboxylic acids is 2. The fourth-order valence-electron chi connectivity index (χ4n) is 3.22. The maximum Gasteiger partial charge on any atom is 0.318 e. The summed E-state index contributed by atoms with van der Waals surface area (Å²) in [5, 5.41) is 21.8. The quantitative estimate of drug-likeness (QED) is 0.629. The second kappa shape index (κ2) is 4.59. The van der Waals surface area contributed by atoms with E-state index in [0.717, 1.165) is 0 Å². The van der Waals surface area contributed by atoms with Crippen molar-refractivity contribution in [3.8, 4) is 0 Å². The van der Waals surface area contributed by atoms with Gasteiger partial charge in [-0.25, -0.2) is 0 Å². The minimum Gasteiger partial charge on any atom is -0.461 e. The number of hydrogen-bond acceptors (Lipinski definition) is 6. The first-order chi connectivity index (χ1) is 10.4. The Morgan fingerprint density at radius 2 is 2.14 bits per heavy atom. The number of aliphatic imine (C=N–C) groups is 1. The lowest BCUT2D eigenvalue weighted by molar-refractivity contribution is -0.163. The molecule has 114 valence electrons. The van der Waals surface area contributed by atoms with Gasteiger partial charge in [-0.05, 0) is 6.92 Å². The topological polar surface area (TPSA) is 96.2 Å². The molecule has 0 saturated carbocycles. The third-order valence-electron chi connectivity index (χ3n) is 4.18. The lowest BCUT2D eigenvalue weighted by Crippen LogP contribution is -2.56. The van der Waals surface area contributed by atoms with Crippen molar-refractivity contribution in [2.75, 3.05) is 6.61 Å². The standard InChI is InChI=1S/C16H15NO5/c1-3-8-22-14(19)12-9(2)17-16(21)11-7-5-4-6-10(11)13(18)15(12,16)20/h3-7,12,20-21H,1,8H2,2H3. The zero-order chi connectivity index (χ0) is 16.1. The van der Waals surface area contributed by atoms with Crippen LogP contribution in [0.4, 0.5) is 0 Å². The molecule has 1 aliphatic carbocycles. The average molecular weight is 301 g/mol. The summed E-state index contributed by atoms with van der Waals surface area (Å²) in [5.74, 6) is -2.90. The molecular formula is C16H15NO5. The van der Waals surface area contributed by atoms with Crippen LogP contribution < -0.4 is 0 Å². The molecule has 1 aromatic rings. The van der Waals surface area contributed by atoms with Gasteiger partial charge in [-0.1, -0.05) is 36.9 Å². The maximum absolute atomic E-state index is 12.6. The predicted octanol–water partition coefficient (Wildman–Crippen LogP) is 0.579. The molecule has 6 nitrogen and oxygen atoms in total. The molecule has 0 spiro atoms. The number of ketones is 1. The zero-order valence-electron chi connectivity index (χ0n) is 11.9. The van der Waals surface area contributed by atoms with Crippen molar-refractivity contribution < 1.29 is 24.5 Å². The number of benzene rings is 1. The van der Waals surface area contributed by atoms with Crippen molar-refractivity contribution in [1.29, 1.82) is 0 Å². The molecule has 1 aliphatic heterocycles. The van der Waals surface area contributed by atoms with Gasteiger partial charge in [0.05, 0.1) is 0 Å². The molecule has 2 N–H and O–H groups in total. The Morgan fingerprint density at radius 1 is 1.45 bits per heavy atom. The van der Waals surface area contributed by atoms with Crippen molar-refractivity contribution in [3.63, 3.8) is 0 Å². The van der Waals surface area contributed by atoms with E-state index in [-0.39, 0.29) is 23.4 Å². The van der Waals surface area contributed by atoms with Crippen LogP contribution in [0.5, 0.6) is 0 Å². The van der Waals surface area contributed by atoms with Crippen LogP contribution in [0.3, 0.4) is 0 Å². The molecular weight excluding hydrogens is 286 g/mol. The van der Waals surface area contributed by atoms with E-state index in [4.69, 9.17) is 4.74 Å². The number of rotatable bonds is 3. The maximum atomic E-state index is 12.6. The third-order valence-corrected chi connectivity index (χ3v) is 4.18. The molecule has 0 bridgehead atoms. The van der Waals surface area contributed by atoms with Crippen LogP contribution in [-0.4, -0.2) is 39.9 Å². The Bertz CT molecular complexity index is 725. The summed E-state index contributed by atoms with van der Waals surface area (Å²) in [7, 11) is 0. The Kier molecular flexibility index (Phi) is 3.05. The molecule has 1 heterocycles. The number of Topliss-reactive ketones (excluding diaryl/α,β-unsaturated/α-hetero) is 1. The minimum atomic E-state index is -2.38. The zero-order valence-corrected chi connectivity index (χ0v) is 11.9. The average Bonchev–Trinajstić information content (AvgIpc) is 2.80. The second-order valence-electron chi connectivity index (χ2n) is 5.42. The van der Waals surface area contributed by atoms with Crippen molar-refractivity contribution in [2.45, 2.75) is 18.2 Å². The van der Waals surface area contributed by atoms with Gasteiger partial charge >= 0.3 is 5.97 Å². The summed E-state index contributed by atoms with van der Waals surface area (Å²) in [6, 6.07) is 6.25. The number of esters is 1. The van der Waals surface area contributed by atoms with Gasteiger partial charge in [-0.3, -0.25) is 14.6 Å². The van der Waals surface area contributed by atoms with Crippen molar-refractivity contribution >= 4 is 17.5 Å². The Morgan fingerprint density at radius 3 is 2.82 bits per heavy atom. The van der Waals surface area contributed by atoms with Gasteiger partial charge in [-0.15, -0.1) is 0 Å². The lowest BCUT2D eigenvalue weighted by atomic mass is 9.79. The fraction of sp³-hybridized carbons (Fsp3) is 0.312. The molecule has 6 heteroatoms. The highest BCUT2D eigenvalue weighted by molar-refractivity contribution is 6.18. The molecule has 0 amide bonds. The normalized spacial score (nSPS) is 32.2. The van der Waals surface area contributed by atoms with E-state index in [2.05, 4.69) is 11.6 Å². The number of aliphatic hydroxyl groups is 2. The van der Waals surface area contributed by atoms with Gasteiger partial charge in [0, 0.05) is 16.8 Å². The van der Waals surface area contributed by atoms with E-state index in [1.54, 1.807) is 12.1 Å². The van der Waals surface area contributed by atoms with E-state index < -0.39 is 29.0 Å². The third kappa shape index (κ3) is 1.53. The Hall–Kier alpha value is -2.31. The van der Waals surface area contributed by atoms with Gasteiger partial charge in [-0.2, -0.15) is 0 Å². The first-order valence-corrected chi connectivity index (χ1v) is 6.81. The van der Waals surface area contributed by atoms with Crippen LogP contribution in [0.15, 0.2) is 41.9 Å². The van der Waals surface area contributed by atoms with E-state index >= 15 is 0 Å². The summed E-state index contributed by atoms with van der Waals surface area (Å²) in [6.45, 7) is 4.86. The van der Waals surface area contributed by atoms with Gasteiger partial charge in [0.1, 0.15) is 12.5 Å². The highest BCUT2D eigenvalue weighted by Crippen LogP contribution is 2.53. The molecule has 2 aliphatic rings. The summed E-state index contributed by atoms with van der Waals surface area (Å²) in [4.78, 5) is 28.9. The first kappa shape index (κ1) is 14.6. The van der Waals surface area contributed by atoms with E-state index in [1.807, 2.05) is 0 Å². The number of ether oxygens (including phenoxy) is 1. The number of nitrogens with zero attached hydrogens (tertiary/aromatic N) is 1. The molecule has 0 aromatic heterocycles. The highest BCUT2D eigenvalue weighted by Gasteiger charge is 2.72. The molecule has 3 unspecified atom stereocenters. The van der Waals surface area contributed by atoms with Crippen molar-refractivity contribution in [1.82, 2.24) is 0 Å². The SMILES string of the molecule is C=CCOC(=O)C1C(C)=NC2(O)c3ccccc3C(=O)C12O. The lowest BCUT2D eigenvalue weighted by Gasteiger charge is -2.31. The molecule has 22 heavy (non-hydrogen) atoms. The van der Waals surface area contributed by atoms with Gasteiger partial charge < -0.3 is 14.9 Å². The molecule has 0 saturated heterocycles. The van der Waals surface area contributed by atoms with Crippen LogP contribution in [0.2, 0.25) is 0 Å². The fourth-order valence-corrected chi connectivity index (χ4v) is 3.22. The Balaban J connectivity index is 2.14. The smallest absolute Gasteiger partial charge is 0.318 e. The number of fused-ring (bicyclic) bond motifs is 3. The van der Waals surface area contributed by atoms with Crippen molar-refractivity contribution in [2.24, 2.45) is 10.9 Å². The summed E-state index contributed by atoms with van der Waals surface area (Å²) >= 11 is 0. The number of carbonyl (C=O) groups is 2. The first-order valence-electron chi connectivity index (χ1n) is 6.81. The summed E-state index contributed by atoms with van der Waals surface area (Å²) in [6.07, 6.45) is 1.38. The van der Waals surface area contributed by atoms with Crippen LogP contribution in [0.1, 0.15) is 22.8 Å². The van der Waals surface area contributed by atoms with Crippen LogP contribution in [-0.2, 0) is 15.3 Å². The minimum absolute atomic E-state index is 0.0573. The van der Waals surface area contributed by atoms with E-state index in [0.29, 0.717) is 0 Å². The molecule has 1 aromatic carbocycles. The van der Waals surface area contributed by atoms with Gasteiger partial charge in [0.15, 0.2) is 5.60 Å². The molecule has 0 fully saturated rings. The number of hydrogen-bond donors (Lipinski definition) is 2. The summed E-state index contributed by atoms with van der Waals surface area (Å²) < 4.78 is 4.95. The van der Waals surface area contributed by atoms with Crippen LogP contribution in [0, 0.1) is 5.92 Å². The van der Waals surface area contributed by atoms with Crippen molar-refractivity contribution in [3.05, 3.63) is 48.0 Å². The van der Waals surface area contributed by atoms with Gasteiger partial charge in [0.2, 0.25) is 11.5 Å². The van der Waals surface area contributed by atoms with E-state index in [9.17, 15) is 19.8 Å². The van der Waals surface area contributed by atoms with Crippen LogP contribution in [0.25, 0.3) is 0 Å². The summed E-state index contributed by atoms with van der Waals surface area (Å²) in [5.41, 5.74) is -4.03. The Labute approximate surface area is 126 Å². The molecule has 3 atom stereocenters. The van der Waals surface area contributed by atoms with Gasteiger partial charge in [0.25, 0.3) is 0 Å². The largest absolute Gasteiger partial charge is 0.461 e. The molecule has 3 rings (SSSR count). The second-order valence-corrected chi connectivity index (χ2v) is 5.42. The van der Waals surface area contributed by atoms with Crippen LogP contribution >= 0.6 is 0 Å². The van der Waals surface area contributed by atoms with E-state index in [1.165, 1.54) is 25.1 Å². The highest BCUT2D eigenvalue weighted by atomic mass is 16.5. The monoisotopic (exact) mass is 301 g/mol. The predicted molar refractivity (Wildman–Crippen MR) is 77.4 cm³/mol. The molecule has 0 radical (unpaired) electrons.